The lowest BCUT2D eigenvalue weighted by molar-refractivity contribution is 0.593. The van der Waals surface area contributed by atoms with E-state index in [1.165, 1.54) is 22.1 Å². The number of aromatic nitrogens is 1. The van der Waals surface area contributed by atoms with Crippen LogP contribution in [0.2, 0.25) is 0 Å². The average Bonchev–Trinajstić information content (AvgIpc) is 2.54. The number of fused-ring (bicyclic) bond motifs is 2. The van der Waals surface area contributed by atoms with Crippen LogP contribution in [0.25, 0.3) is 10.9 Å². The van der Waals surface area contributed by atoms with E-state index in [1.54, 1.807) is 0 Å². The van der Waals surface area contributed by atoms with Crippen LogP contribution in [-0.4, -0.2) is 10.5 Å². The molecule has 0 amide bonds. The average molecular weight is 226 g/mol. The fourth-order valence-corrected chi connectivity index (χ4v) is 2.66. The van der Waals surface area contributed by atoms with Gasteiger partial charge in [0.2, 0.25) is 0 Å². The fourth-order valence-electron chi connectivity index (χ4n) is 2.66. The van der Waals surface area contributed by atoms with E-state index in [4.69, 9.17) is 4.98 Å². The molecule has 0 spiro atoms. The second-order valence-electron chi connectivity index (χ2n) is 5.78. The van der Waals surface area contributed by atoms with Crippen LogP contribution in [0.15, 0.2) is 18.2 Å². The highest BCUT2D eigenvalue weighted by atomic mass is 15.1. The molecular formula is C15H18N2. The van der Waals surface area contributed by atoms with Gasteiger partial charge in [-0.25, -0.2) is 4.98 Å². The van der Waals surface area contributed by atoms with Crippen molar-refractivity contribution in [3.8, 4) is 0 Å². The van der Waals surface area contributed by atoms with E-state index >= 15 is 0 Å². The molecule has 0 atom stereocenters. The van der Waals surface area contributed by atoms with Crippen LogP contribution < -0.4 is 5.32 Å². The van der Waals surface area contributed by atoms with Crippen LogP contribution in [-0.2, 0) is 6.42 Å². The monoisotopic (exact) mass is 226 g/mol. The molecule has 1 aliphatic heterocycles. The molecule has 0 saturated carbocycles. The van der Waals surface area contributed by atoms with Gasteiger partial charge in [-0.1, -0.05) is 12.1 Å². The Morgan fingerprint density at radius 2 is 1.88 bits per heavy atom. The normalized spacial score (nSPS) is 16.9. The second-order valence-corrected chi connectivity index (χ2v) is 5.78. The first-order valence-electron chi connectivity index (χ1n) is 6.14. The Morgan fingerprint density at radius 1 is 1.18 bits per heavy atom. The van der Waals surface area contributed by atoms with Gasteiger partial charge in [-0.3, -0.25) is 0 Å². The number of hydrogen-bond acceptors (Lipinski definition) is 2. The maximum Gasteiger partial charge on any atom is 0.130 e. The number of nitrogens with zero attached hydrogens (tertiary/aromatic N) is 1. The molecule has 0 bridgehead atoms. The molecule has 0 unspecified atom stereocenters. The molecule has 2 nitrogen and oxygen atoms in total. The minimum atomic E-state index is 0.133. The Balaban J connectivity index is 2.30. The number of hydrogen-bond donors (Lipinski definition) is 1. The standard InChI is InChI=1S/C15H18N2/c1-9-5-6-10(2)13-12(9)7-11-8-15(3,4)17-14(11)16-13/h5-7H,8H2,1-4H3,(H,16,17). The van der Waals surface area contributed by atoms with Crippen LogP contribution in [0, 0.1) is 13.8 Å². The third kappa shape index (κ3) is 1.59. The summed E-state index contributed by atoms with van der Waals surface area (Å²) in [6.45, 7) is 8.72. The van der Waals surface area contributed by atoms with E-state index in [0.717, 1.165) is 17.8 Å². The first-order chi connectivity index (χ1) is 7.96. The van der Waals surface area contributed by atoms with Gasteiger partial charge in [-0.05, 0) is 56.9 Å². The lowest BCUT2D eigenvalue weighted by atomic mass is 9.98. The number of benzene rings is 1. The van der Waals surface area contributed by atoms with E-state index in [1.807, 2.05) is 0 Å². The zero-order valence-electron chi connectivity index (χ0n) is 10.9. The van der Waals surface area contributed by atoms with Crippen LogP contribution >= 0.6 is 0 Å². The predicted octanol–water partition coefficient (Wildman–Crippen LogP) is 3.60. The van der Waals surface area contributed by atoms with Crippen LogP contribution in [0.3, 0.4) is 0 Å². The third-order valence-electron chi connectivity index (χ3n) is 3.57. The quantitative estimate of drug-likeness (QED) is 0.742. The number of rotatable bonds is 0. The third-order valence-corrected chi connectivity index (χ3v) is 3.57. The summed E-state index contributed by atoms with van der Waals surface area (Å²) in [5.74, 6) is 1.07. The number of pyridine rings is 1. The molecule has 2 heteroatoms. The molecule has 17 heavy (non-hydrogen) atoms. The van der Waals surface area contributed by atoms with Crippen molar-refractivity contribution in [3.63, 3.8) is 0 Å². The minimum Gasteiger partial charge on any atom is -0.365 e. The summed E-state index contributed by atoms with van der Waals surface area (Å²) in [5, 5.41) is 4.80. The van der Waals surface area contributed by atoms with E-state index in [0.29, 0.717) is 0 Å². The van der Waals surface area contributed by atoms with Gasteiger partial charge in [0.05, 0.1) is 5.52 Å². The zero-order valence-corrected chi connectivity index (χ0v) is 10.9. The molecule has 1 aromatic heterocycles. The van der Waals surface area contributed by atoms with Gasteiger partial charge in [0.1, 0.15) is 5.82 Å². The Bertz CT molecular complexity index is 559. The van der Waals surface area contributed by atoms with Crippen molar-refractivity contribution in [2.75, 3.05) is 5.32 Å². The Labute approximate surface area is 102 Å². The summed E-state index contributed by atoms with van der Waals surface area (Å²) in [5.41, 5.74) is 5.17. The van der Waals surface area contributed by atoms with Gasteiger partial charge in [0, 0.05) is 10.9 Å². The van der Waals surface area contributed by atoms with Crippen molar-refractivity contribution in [3.05, 3.63) is 34.9 Å². The first kappa shape index (κ1) is 10.6. The molecule has 2 aromatic rings. The van der Waals surface area contributed by atoms with Gasteiger partial charge in [-0.2, -0.15) is 0 Å². The van der Waals surface area contributed by atoms with Gasteiger partial charge >= 0.3 is 0 Å². The van der Waals surface area contributed by atoms with Gasteiger partial charge in [0.25, 0.3) is 0 Å². The maximum absolute atomic E-state index is 4.80. The van der Waals surface area contributed by atoms with E-state index in [9.17, 15) is 0 Å². The van der Waals surface area contributed by atoms with Crippen molar-refractivity contribution < 1.29 is 0 Å². The fraction of sp³-hybridized carbons (Fsp3) is 0.400. The highest BCUT2D eigenvalue weighted by Gasteiger charge is 2.28. The topological polar surface area (TPSA) is 24.9 Å². The molecule has 1 aliphatic rings. The summed E-state index contributed by atoms with van der Waals surface area (Å²) >= 11 is 0. The highest BCUT2D eigenvalue weighted by Crippen LogP contribution is 2.34. The molecule has 0 fully saturated rings. The van der Waals surface area contributed by atoms with Crippen LogP contribution in [0.5, 0.6) is 0 Å². The lowest BCUT2D eigenvalue weighted by Crippen LogP contribution is -2.27. The summed E-state index contributed by atoms with van der Waals surface area (Å²) in [7, 11) is 0. The summed E-state index contributed by atoms with van der Waals surface area (Å²) < 4.78 is 0. The number of anilines is 1. The van der Waals surface area contributed by atoms with Crippen molar-refractivity contribution in [1.29, 1.82) is 0 Å². The van der Waals surface area contributed by atoms with Crippen LogP contribution in [0.1, 0.15) is 30.5 Å². The lowest BCUT2D eigenvalue weighted by Gasteiger charge is -2.17. The number of aryl methyl sites for hydroxylation is 2. The molecule has 0 radical (unpaired) electrons. The molecule has 0 saturated heterocycles. The SMILES string of the molecule is Cc1ccc(C)c2nc3c(cc12)CC(C)(C)N3. The second kappa shape index (κ2) is 3.22. The smallest absolute Gasteiger partial charge is 0.130 e. The molecular weight excluding hydrogens is 208 g/mol. The van der Waals surface area contributed by atoms with Crippen LogP contribution in [0.4, 0.5) is 5.82 Å². The van der Waals surface area contributed by atoms with Gasteiger partial charge in [0.15, 0.2) is 0 Å². The zero-order chi connectivity index (χ0) is 12.2. The van der Waals surface area contributed by atoms with Crippen molar-refractivity contribution in [2.45, 2.75) is 39.7 Å². The molecule has 3 rings (SSSR count). The molecule has 0 aliphatic carbocycles. The molecule has 2 heterocycles. The molecule has 1 N–H and O–H groups in total. The summed E-state index contributed by atoms with van der Waals surface area (Å²) in [4.78, 5) is 4.80. The summed E-state index contributed by atoms with van der Waals surface area (Å²) in [6.07, 6.45) is 1.05. The summed E-state index contributed by atoms with van der Waals surface area (Å²) in [6, 6.07) is 6.64. The predicted molar refractivity (Wildman–Crippen MR) is 72.6 cm³/mol. The number of nitrogens with one attached hydrogen (secondary N) is 1. The Morgan fingerprint density at radius 3 is 2.65 bits per heavy atom. The van der Waals surface area contributed by atoms with Crippen molar-refractivity contribution in [2.24, 2.45) is 0 Å². The molecule has 88 valence electrons. The van der Waals surface area contributed by atoms with Gasteiger partial charge in [-0.15, -0.1) is 0 Å². The largest absolute Gasteiger partial charge is 0.365 e. The minimum absolute atomic E-state index is 0.133. The van der Waals surface area contributed by atoms with E-state index in [-0.39, 0.29) is 5.54 Å². The first-order valence-corrected chi connectivity index (χ1v) is 6.14. The Kier molecular flexibility index (Phi) is 2.00. The van der Waals surface area contributed by atoms with E-state index < -0.39 is 0 Å². The molecule has 1 aromatic carbocycles. The highest BCUT2D eigenvalue weighted by molar-refractivity contribution is 5.88. The van der Waals surface area contributed by atoms with Gasteiger partial charge < -0.3 is 5.32 Å². The Hall–Kier alpha value is -1.57. The van der Waals surface area contributed by atoms with Crippen molar-refractivity contribution >= 4 is 16.7 Å². The van der Waals surface area contributed by atoms with E-state index in [2.05, 4.69) is 51.2 Å². The van der Waals surface area contributed by atoms with Crippen molar-refractivity contribution in [1.82, 2.24) is 4.98 Å². The maximum atomic E-state index is 4.80.